The third-order valence-corrected chi connectivity index (χ3v) is 6.90. The maximum Gasteiger partial charge on any atom is 0.156 e. The van der Waals surface area contributed by atoms with Crippen molar-refractivity contribution in [2.75, 3.05) is 0 Å². The van der Waals surface area contributed by atoms with E-state index in [2.05, 4.69) is 25.9 Å². The van der Waals surface area contributed by atoms with Gasteiger partial charge in [0.2, 0.25) is 0 Å². The SMILES string of the molecule is Cn1cncc1C(O)(c1ccc(Br)c(CO)c1)c1ccc2ccnc(-c3cccc(O)c3)c2c1. The molecular formula is C27H22BrN3O3. The van der Waals surface area contributed by atoms with Crippen molar-refractivity contribution in [1.82, 2.24) is 14.5 Å². The Morgan fingerprint density at radius 1 is 1.00 bits per heavy atom. The van der Waals surface area contributed by atoms with Crippen molar-refractivity contribution in [3.05, 3.63) is 112 Å². The molecule has 34 heavy (non-hydrogen) atoms. The maximum absolute atomic E-state index is 12.4. The minimum Gasteiger partial charge on any atom is -0.508 e. The van der Waals surface area contributed by atoms with Crippen molar-refractivity contribution in [3.8, 4) is 17.0 Å². The summed E-state index contributed by atoms with van der Waals surface area (Å²) in [6.45, 7) is -0.167. The number of aliphatic hydroxyl groups excluding tert-OH is 1. The fourth-order valence-corrected chi connectivity index (χ4v) is 4.74. The summed E-state index contributed by atoms with van der Waals surface area (Å²) in [5, 5.41) is 34.0. The number of fused-ring (bicyclic) bond motifs is 1. The van der Waals surface area contributed by atoms with Crippen molar-refractivity contribution in [3.63, 3.8) is 0 Å². The van der Waals surface area contributed by atoms with Gasteiger partial charge in [-0.15, -0.1) is 0 Å². The van der Waals surface area contributed by atoms with Crippen LogP contribution in [0.5, 0.6) is 5.75 Å². The Morgan fingerprint density at radius 2 is 1.79 bits per heavy atom. The lowest BCUT2D eigenvalue weighted by molar-refractivity contribution is 0.117. The normalized spacial score (nSPS) is 13.2. The highest BCUT2D eigenvalue weighted by Gasteiger charge is 2.37. The second-order valence-electron chi connectivity index (χ2n) is 8.21. The first kappa shape index (κ1) is 22.3. The van der Waals surface area contributed by atoms with Gasteiger partial charge in [-0.25, -0.2) is 4.98 Å². The average molecular weight is 516 g/mol. The smallest absolute Gasteiger partial charge is 0.156 e. The predicted molar refractivity (Wildman–Crippen MR) is 134 cm³/mol. The average Bonchev–Trinajstić information content (AvgIpc) is 3.29. The van der Waals surface area contributed by atoms with Gasteiger partial charge in [-0.05, 0) is 58.5 Å². The van der Waals surface area contributed by atoms with Crippen LogP contribution in [0.15, 0.2) is 89.9 Å². The van der Waals surface area contributed by atoms with E-state index < -0.39 is 5.60 Å². The molecule has 0 radical (unpaired) electrons. The van der Waals surface area contributed by atoms with Crippen molar-refractivity contribution in [2.24, 2.45) is 7.05 Å². The Balaban J connectivity index is 1.79. The van der Waals surface area contributed by atoms with Gasteiger partial charge >= 0.3 is 0 Å². The minimum atomic E-state index is -1.55. The van der Waals surface area contributed by atoms with Crippen LogP contribution >= 0.6 is 15.9 Å². The number of phenolic OH excluding ortho intramolecular Hbond substituents is 1. The number of aryl methyl sites for hydroxylation is 1. The van der Waals surface area contributed by atoms with Gasteiger partial charge in [0, 0.05) is 28.7 Å². The summed E-state index contributed by atoms with van der Waals surface area (Å²) < 4.78 is 2.55. The molecule has 5 rings (SSSR count). The van der Waals surface area contributed by atoms with Crippen molar-refractivity contribution >= 4 is 26.7 Å². The first-order valence-corrected chi connectivity index (χ1v) is 11.5. The van der Waals surface area contributed by atoms with Crippen LogP contribution in [0.3, 0.4) is 0 Å². The summed E-state index contributed by atoms with van der Waals surface area (Å²) in [5.41, 5.74) is 2.42. The van der Waals surface area contributed by atoms with Crippen LogP contribution < -0.4 is 0 Å². The number of nitrogens with zero attached hydrogens (tertiary/aromatic N) is 3. The molecule has 2 aromatic heterocycles. The van der Waals surface area contributed by atoms with Gasteiger partial charge in [0.15, 0.2) is 5.60 Å². The molecule has 6 nitrogen and oxygen atoms in total. The number of rotatable bonds is 5. The third-order valence-electron chi connectivity index (χ3n) is 6.12. The Hall–Kier alpha value is -3.52. The van der Waals surface area contributed by atoms with E-state index in [0.29, 0.717) is 28.1 Å². The van der Waals surface area contributed by atoms with E-state index in [-0.39, 0.29) is 12.4 Å². The quantitative estimate of drug-likeness (QED) is 0.310. The lowest BCUT2D eigenvalue weighted by Crippen LogP contribution is -2.31. The number of hydrogen-bond acceptors (Lipinski definition) is 5. The van der Waals surface area contributed by atoms with E-state index in [1.54, 1.807) is 47.6 Å². The van der Waals surface area contributed by atoms with Crippen LogP contribution in [-0.4, -0.2) is 29.9 Å². The molecule has 0 saturated heterocycles. The molecule has 0 bridgehead atoms. The van der Waals surface area contributed by atoms with E-state index in [9.17, 15) is 15.3 Å². The topological polar surface area (TPSA) is 91.4 Å². The number of phenols is 1. The zero-order valence-corrected chi connectivity index (χ0v) is 19.9. The lowest BCUT2D eigenvalue weighted by atomic mass is 9.82. The zero-order chi connectivity index (χ0) is 23.9. The van der Waals surface area contributed by atoms with Crippen LogP contribution in [-0.2, 0) is 19.3 Å². The number of pyridine rings is 1. The number of aromatic nitrogens is 3. The number of halogens is 1. The van der Waals surface area contributed by atoms with Gasteiger partial charge in [-0.1, -0.05) is 46.3 Å². The molecular weight excluding hydrogens is 494 g/mol. The molecule has 7 heteroatoms. The monoisotopic (exact) mass is 515 g/mol. The van der Waals surface area contributed by atoms with Gasteiger partial charge in [-0.3, -0.25) is 4.98 Å². The Morgan fingerprint density at radius 3 is 2.53 bits per heavy atom. The maximum atomic E-state index is 12.4. The van der Waals surface area contributed by atoms with Gasteiger partial charge in [0.25, 0.3) is 0 Å². The molecule has 1 atom stereocenters. The highest BCUT2D eigenvalue weighted by Crippen LogP contribution is 2.40. The third kappa shape index (κ3) is 3.68. The number of aliphatic hydroxyl groups is 2. The number of hydrogen-bond donors (Lipinski definition) is 3. The second-order valence-corrected chi connectivity index (χ2v) is 9.06. The summed E-state index contributed by atoms with van der Waals surface area (Å²) >= 11 is 3.46. The number of aromatic hydroxyl groups is 1. The van der Waals surface area contributed by atoms with Crippen molar-refractivity contribution in [1.29, 1.82) is 0 Å². The molecule has 1 unspecified atom stereocenters. The molecule has 3 N–H and O–H groups in total. The van der Waals surface area contributed by atoms with Crippen molar-refractivity contribution < 1.29 is 15.3 Å². The summed E-state index contributed by atoms with van der Waals surface area (Å²) in [7, 11) is 1.83. The molecule has 5 aromatic rings. The first-order valence-electron chi connectivity index (χ1n) is 10.7. The summed E-state index contributed by atoms with van der Waals surface area (Å²) in [6, 6.07) is 20.1. The first-order chi connectivity index (χ1) is 16.4. The van der Waals surface area contributed by atoms with E-state index >= 15 is 0 Å². The second kappa shape index (κ2) is 8.68. The summed E-state index contributed by atoms with van der Waals surface area (Å²) in [5.74, 6) is 0.158. The molecule has 0 fully saturated rings. The van der Waals surface area contributed by atoms with Crippen LogP contribution in [0.4, 0.5) is 0 Å². The molecule has 0 saturated carbocycles. The molecule has 2 heterocycles. The van der Waals surface area contributed by atoms with Crippen LogP contribution in [0.2, 0.25) is 0 Å². The molecule has 0 aliphatic rings. The molecule has 0 aliphatic carbocycles. The summed E-state index contributed by atoms with van der Waals surface area (Å²) in [4.78, 5) is 8.82. The highest BCUT2D eigenvalue weighted by atomic mass is 79.9. The van der Waals surface area contributed by atoms with Crippen LogP contribution in [0.1, 0.15) is 22.4 Å². The number of benzene rings is 3. The predicted octanol–water partition coefficient (Wildman–Crippen LogP) is 4.88. The fraction of sp³-hybridized carbons (Fsp3) is 0.111. The molecule has 0 aliphatic heterocycles. The zero-order valence-electron chi connectivity index (χ0n) is 18.4. The van der Waals surface area contributed by atoms with E-state index in [1.807, 2.05) is 49.5 Å². The molecule has 0 spiro atoms. The van der Waals surface area contributed by atoms with Gasteiger partial charge < -0.3 is 19.9 Å². The Labute approximate surface area is 204 Å². The van der Waals surface area contributed by atoms with E-state index in [4.69, 9.17) is 0 Å². The highest BCUT2D eigenvalue weighted by molar-refractivity contribution is 9.10. The molecule has 170 valence electrons. The largest absolute Gasteiger partial charge is 0.508 e. The van der Waals surface area contributed by atoms with Gasteiger partial charge in [0.05, 0.1) is 30.5 Å². The number of imidazole rings is 1. The Bertz CT molecular complexity index is 1510. The fourth-order valence-electron chi connectivity index (χ4n) is 4.37. The Kier molecular flexibility index (Phi) is 5.69. The van der Waals surface area contributed by atoms with E-state index in [0.717, 1.165) is 20.8 Å². The van der Waals surface area contributed by atoms with Gasteiger partial charge in [0.1, 0.15) is 5.75 Å². The van der Waals surface area contributed by atoms with Crippen molar-refractivity contribution in [2.45, 2.75) is 12.2 Å². The standard InChI is InChI=1S/C27H22BrN3O3/c1-31-16-29-14-25(31)27(34,20-7-8-24(28)19(11-20)15-32)21-6-5-17-9-10-30-26(23(17)13-21)18-3-2-4-22(33)12-18/h2-14,16,32-34H,15H2,1H3. The van der Waals surface area contributed by atoms with Crippen LogP contribution in [0.25, 0.3) is 22.0 Å². The molecule has 3 aromatic carbocycles. The lowest BCUT2D eigenvalue weighted by Gasteiger charge is -2.30. The van der Waals surface area contributed by atoms with Gasteiger partial charge in [-0.2, -0.15) is 0 Å². The molecule has 0 amide bonds. The summed E-state index contributed by atoms with van der Waals surface area (Å²) in [6.07, 6.45) is 5.02. The van der Waals surface area contributed by atoms with Crippen LogP contribution in [0, 0.1) is 0 Å². The minimum absolute atomic E-state index is 0.158. The van der Waals surface area contributed by atoms with E-state index in [1.165, 1.54) is 0 Å².